The molecule has 0 spiro atoms. The smallest absolute Gasteiger partial charge is 0.274 e. The number of nitrogens with zero attached hydrogens (tertiary/aromatic N) is 4. The van der Waals surface area contributed by atoms with Gasteiger partial charge in [0.2, 0.25) is 0 Å². The number of hydrogen-bond donors (Lipinski definition) is 3. The Labute approximate surface area is 177 Å². The van der Waals surface area contributed by atoms with Crippen LogP contribution >= 0.6 is 0 Å². The number of carbonyl (C=O) groups is 2. The number of pyridine rings is 1. The molecule has 1 aliphatic rings. The predicted molar refractivity (Wildman–Crippen MR) is 114 cm³/mol. The molecule has 4 aromatic rings. The molecule has 3 N–H and O–H groups in total. The Morgan fingerprint density at radius 2 is 1.84 bits per heavy atom. The van der Waals surface area contributed by atoms with E-state index >= 15 is 0 Å². The van der Waals surface area contributed by atoms with Gasteiger partial charge in [0.25, 0.3) is 11.8 Å². The number of amides is 2. The summed E-state index contributed by atoms with van der Waals surface area (Å²) in [6.07, 6.45) is 5.16. The number of H-pyrrole nitrogens is 1. The van der Waals surface area contributed by atoms with E-state index < -0.39 is 5.91 Å². The Bertz CT molecular complexity index is 1230. The fraction of sp³-hybridized carbons (Fsp3) is 0.136. The van der Waals surface area contributed by atoms with Gasteiger partial charge in [-0.05, 0) is 43.2 Å². The van der Waals surface area contributed by atoms with Crippen molar-refractivity contribution in [2.45, 2.75) is 18.9 Å². The number of anilines is 1. The molecule has 3 heterocycles. The van der Waals surface area contributed by atoms with Crippen molar-refractivity contribution in [2.75, 3.05) is 5.32 Å². The first kappa shape index (κ1) is 18.7. The molecule has 2 amide bonds. The number of carbonyl (C=O) groups excluding carboxylic acids is 2. The summed E-state index contributed by atoms with van der Waals surface area (Å²) in [6.45, 7) is 0. The first-order valence-corrected chi connectivity index (χ1v) is 9.91. The molecule has 1 aliphatic carbocycles. The van der Waals surface area contributed by atoms with Crippen molar-refractivity contribution in [1.82, 2.24) is 30.3 Å². The molecule has 0 bridgehead atoms. The van der Waals surface area contributed by atoms with Crippen molar-refractivity contribution in [3.05, 3.63) is 78.4 Å². The zero-order chi connectivity index (χ0) is 21.2. The molecule has 154 valence electrons. The van der Waals surface area contributed by atoms with Gasteiger partial charge in [-0.25, -0.2) is 9.67 Å². The predicted octanol–water partition coefficient (Wildman–Crippen LogP) is 2.80. The Balaban J connectivity index is 1.44. The summed E-state index contributed by atoms with van der Waals surface area (Å²) in [6, 6.07) is 16.5. The number of aromatic nitrogens is 5. The number of nitrogens with one attached hydrogen (secondary N) is 3. The standard InChI is InChI=1S/C22H19N7O2/c30-21(18-8-4-7-16(25-18)17-11-12-23-27-17)26-19-13-29(15-5-2-1-3-6-15)28-20(19)22(31)24-14-9-10-14/h1-8,11-14H,9-10H2,(H,23,27)(H,24,31)(H,26,30). The van der Waals surface area contributed by atoms with Crippen LogP contribution in [0.25, 0.3) is 17.1 Å². The van der Waals surface area contributed by atoms with Crippen LogP contribution in [0.4, 0.5) is 5.69 Å². The fourth-order valence-corrected chi connectivity index (χ4v) is 3.12. The summed E-state index contributed by atoms with van der Waals surface area (Å²) in [4.78, 5) is 30.0. The summed E-state index contributed by atoms with van der Waals surface area (Å²) in [5.41, 5.74) is 2.78. The zero-order valence-electron chi connectivity index (χ0n) is 16.4. The maximum absolute atomic E-state index is 12.9. The summed E-state index contributed by atoms with van der Waals surface area (Å²) >= 11 is 0. The zero-order valence-corrected chi connectivity index (χ0v) is 16.4. The molecule has 3 aromatic heterocycles. The Morgan fingerprint density at radius 3 is 2.58 bits per heavy atom. The summed E-state index contributed by atoms with van der Waals surface area (Å²) in [7, 11) is 0. The van der Waals surface area contributed by atoms with E-state index in [2.05, 4.69) is 30.9 Å². The normalized spacial score (nSPS) is 13.0. The average Bonchev–Trinajstić information content (AvgIpc) is 3.28. The van der Waals surface area contributed by atoms with Crippen LogP contribution < -0.4 is 10.6 Å². The summed E-state index contributed by atoms with van der Waals surface area (Å²) < 4.78 is 1.58. The number of para-hydroxylation sites is 1. The highest BCUT2D eigenvalue weighted by Crippen LogP contribution is 2.23. The molecule has 5 rings (SSSR count). The average molecular weight is 413 g/mol. The lowest BCUT2D eigenvalue weighted by Gasteiger charge is -2.06. The van der Waals surface area contributed by atoms with E-state index in [1.54, 1.807) is 41.3 Å². The molecule has 0 radical (unpaired) electrons. The first-order valence-electron chi connectivity index (χ1n) is 9.91. The molecular weight excluding hydrogens is 394 g/mol. The van der Waals surface area contributed by atoms with Crippen LogP contribution in [0.15, 0.2) is 67.0 Å². The van der Waals surface area contributed by atoms with Crippen LogP contribution in [0.3, 0.4) is 0 Å². The minimum Gasteiger partial charge on any atom is -0.348 e. The highest BCUT2D eigenvalue weighted by atomic mass is 16.2. The molecule has 1 fully saturated rings. The molecule has 9 heteroatoms. The van der Waals surface area contributed by atoms with E-state index in [1.165, 1.54) is 0 Å². The Kier molecular flexibility index (Phi) is 4.75. The summed E-state index contributed by atoms with van der Waals surface area (Å²) in [5, 5.41) is 16.9. The molecule has 31 heavy (non-hydrogen) atoms. The van der Waals surface area contributed by atoms with Gasteiger partial charge in [-0.2, -0.15) is 10.2 Å². The van der Waals surface area contributed by atoms with Crippen LogP contribution in [0, 0.1) is 0 Å². The number of hydrogen-bond acceptors (Lipinski definition) is 5. The van der Waals surface area contributed by atoms with Gasteiger partial charge in [0.1, 0.15) is 5.69 Å². The third kappa shape index (κ3) is 4.06. The van der Waals surface area contributed by atoms with Gasteiger partial charge in [0.15, 0.2) is 5.69 Å². The molecule has 0 unspecified atom stereocenters. The maximum atomic E-state index is 12.9. The van der Waals surface area contributed by atoms with Crippen LogP contribution in [-0.2, 0) is 0 Å². The first-order chi connectivity index (χ1) is 15.2. The van der Waals surface area contributed by atoms with Crippen LogP contribution in [-0.4, -0.2) is 42.8 Å². The monoisotopic (exact) mass is 413 g/mol. The van der Waals surface area contributed by atoms with E-state index in [0.717, 1.165) is 18.5 Å². The van der Waals surface area contributed by atoms with E-state index in [0.29, 0.717) is 17.1 Å². The fourth-order valence-electron chi connectivity index (χ4n) is 3.12. The molecular formula is C22H19N7O2. The van der Waals surface area contributed by atoms with E-state index in [9.17, 15) is 9.59 Å². The Hall–Kier alpha value is -4.27. The third-order valence-electron chi connectivity index (χ3n) is 4.87. The third-order valence-corrected chi connectivity index (χ3v) is 4.87. The van der Waals surface area contributed by atoms with Crippen LogP contribution in [0.5, 0.6) is 0 Å². The lowest BCUT2D eigenvalue weighted by atomic mass is 10.2. The van der Waals surface area contributed by atoms with Crippen molar-refractivity contribution in [1.29, 1.82) is 0 Å². The van der Waals surface area contributed by atoms with Gasteiger partial charge >= 0.3 is 0 Å². The number of benzene rings is 1. The lowest BCUT2D eigenvalue weighted by Crippen LogP contribution is -2.27. The van der Waals surface area contributed by atoms with Crippen molar-refractivity contribution in [3.63, 3.8) is 0 Å². The van der Waals surface area contributed by atoms with Gasteiger partial charge in [0, 0.05) is 12.2 Å². The lowest BCUT2D eigenvalue weighted by molar-refractivity contribution is 0.0946. The van der Waals surface area contributed by atoms with Crippen LogP contribution in [0.2, 0.25) is 0 Å². The second-order valence-electron chi connectivity index (χ2n) is 7.25. The SMILES string of the molecule is O=C(Nc1cn(-c2ccccc2)nc1C(=O)NC1CC1)c1cccc(-c2ccn[nH]2)n1. The number of aromatic amines is 1. The van der Waals surface area contributed by atoms with Gasteiger partial charge in [-0.15, -0.1) is 0 Å². The van der Waals surface area contributed by atoms with Crippen molar-refractivity contribution < 1.29 is 9.59 Å². The molecule has 1 aromatic carbocycles. The summed E-state index contributed by atoms with van der Waals surface area (Å²) in [5.74, 6) is -0.749. The highest BCUT2D eigenvalue weighted by Gasteiger charge is 2.27. The second-order valence-corrected chi connectivity index (χ2v) is 7.25. The minimum atomic E-state index is -0.436. The largest absolute Gasteiger partial charge is 0.348 e. The molecule has 0 saturated heterocycles. The number of rotatable bonds is 6. The van der Waals surface area contributed by atoms with Crippen molar-refractivity contribution >= 4 is 17.5 Å². The van der Waals surface area contributed by atoms with Crippen LogP contribution in [0.1, 0.15) is 33.8 Å². The molecule has 0 atom stereocenters. The molecule has 0 aliphatic heterocycles. The topological polar surface area (TPSA) is 118 Å². The van der Waals surface area contributed by atoms with Crippen molar-refractivity contribution in [2.24, 2.45) is 0 Å². The molecule has 9 nitrogen and oxygen atoms in total. The molecule has 1 saturated carbocycles. The van der Waals surface area contributed by atoms with Gasteiger partial charge in [-0.3, -0.25) is 14.7 Å². The maximum Gasteiger partial charge on any atom is 0.274 e. The van der Waals surface area contributed by atoms with E-state index in [-0.39, 0.29) is 23.3 Å². The van der Waals surface area contributed by atoms with Gasteiger partial charge in [0.05, 0.1) is 29.0 Å². The highest BCUT2D eigenvalue weighted by molar-refractivity contribution is 6.07. The minimum absolute atomic E-state index is 0.161. The second kappa shape index (κ2) is 7.86. The quantitative estimate of drug-likeness (QED) is 0.449. The van der Waals surface area contributed by atoms with E-state index in [4.69, 9.17) is 0 Å². The van der Waals surface area contributed by atoms with E-state index in [1.807, 2.05) is 30.3 Å². The van der Waals surface area contributed by atoms with Crippen molar-refractivity contribution in [3.8, 4) is 17.1 Å². The van der Waals surface area contributed by atoms with Gasteiger partial charge in [-0.1, -0.05) is 24.3 Å². The Morgan fingerprint density at radius 1 is 1.00 bits per heavy atom. The van der Waals surface area contributed by atoms with Gasteiger partial charge < -0.3 is 10.6 Å².